The number of fused-ring (bicyclic) bond motifs is 1. The van der Waals surface area contributed by atoms with Crippen molar-refractivity contribution in [3.05, 3.63) is 65.2 Å². The van der Waals surface area contributed by atoms with Crippen molar-refractivity contribution >= 4 is 23.3 Å². The Kier molecular flexibility index (Phi) is 6.65. The maximum atomic E-state index is 11.9. The Hall–Kier alpha value is -2.60. The summed E-state index contributed by atoms with van der Waals surface area (Å²) < 4.78 is 10.7. The number of methoxy groups -OCH3 is 1. The van der Waals surface area contributed by atoms with E-state index in [4.69, 9.17) is 21.7 Å². The number of carbonyl (C=O) groups is 1. The van der Waals surface area contributed by atoms with Crippen LogP contribution in [0.1, 0.15) is 40.4 Å². The molecule has 0 spiro atoms. The highest BCUT2D eigenvalue weighted by molar-refractivity contribution is 7.80. The van der Waals surface area contributed by atoms with Crippen LogP contribution < -0.4 is 15.4 Å². The largest absolute Gasteiger partial charge is 0.496 e. The van der Waals surface area contributed by atoms with Gasteiger partial charge in [-0.2, -0.15) is 0 Å². The zero-order chi connectivity index (χ0) is 19.1. The van der Waals surface area contributed by atoms with Crippen LogP contribution in [0.3, 0.4) is 0 Å². The van der Waals surface area contributed by atoms with E-state index in [2.05, 4.69) is 16.7 Å². The quantitative estimate of drug-likeness (QED) is 0.452. The van der Waals surface area contributed by atoms with Gasteiger partial charge in [-0.05, 0) is 60.8 Å². The van der Waals surface area contributed by atoms with Crippen molar-refractivity contribution in [3.8, 4) is 5.75 Å². The molecule has 2 aromatic rings. The Bertz CT molecular complexity index is 795. The molecule has 0 radical (unpaired) electrons. The Labute approximate surface area is 165 Å². The molecule has 0 aromatic heterocycles. The molecular weight excluding hydrogens is 360 g/mol. The van der Waals surface area contributed by atoms with Crippen molar-refractivity contribution in [2.45, 2.75) is 25.3 Å². The van der Waals surface area contributed by atoms with Crippen LogP contribution in [0, 0.1) is 0 Å². The fourth-order valence-electron chi connectivity index (χ4n) is 3.33. The summed E-state index contributed by atoms with van der Waals surface area (Å²) in [6.07, 6.45) is 3.13. The first kappa shape index (κ1) is 19.2. The van der Waals surface area contributed by atoms with Crippen molar-refractivity contribution in [1.29, 1.82) is 0 Å². The van der Waals surface area contributed by atoms with Crippen LogP contribution in [0.5, 0.6) is 5.75 Å². The topological polar surface area (TPSA) is 59.6 Å². The summed E-state index contributed by atoms with van der Waals surface area (Å²) >= 11 is 5.40. The fourth-order valence-corrected chi connectivity index (χ4v) is 3.58. The minimum Gasteiger partial charge on any atom is -0.496 e. The minimum absolute atomic E-state index is 0.163. The van der Waals surface area contributed by atoms with Gasteiger partial charge in [-0.25, -0.2) is 4.79 Å². The summed E-state index contributed by atoms with van der Waals surface area (Å²) in [4.78, 5) is 11.9. The van der Waals surface area contributed by atoms with Gasteiger partial charge in [-0.15, -0.1) is 0 Å². The second kappa shape index (κ2) is 9.37. The molecule has 1 unspecified atom stereocenters. The molecule has 1 atom stereocenters. The highest BCUT2D eigenvalue weighted by Gasteiger charge is 2.23. The molecule has 2 N–H and O–H groups in total. The van der Waals surface area contributed by atoms with Gasteiger partial charge in [-0.3, -0.25) is 0 Å². The summed E-state index contributed by atoms with van der Waals surface area (Å²) in [5, 5.41) is 7.04. The molecule has 0 saturated heterocycles. The molecule has 1 aliphatic rings. The summed E-state index contributed by atoms with van der Waals surface area (Å²) in [6, 6.07) is 15.2. The number of hydrogen-bond acceptors (Lipinski definition) is 4. The van der Waals surface area contributed by atoms with Crippen LogP contribution in [0.4, 0.5) is 0 Å². The van der Waals surface area contributed by atoms with E-state index in [-0.39, 0.29) is 18.6 Å². The van der Waals surface area contributed by atoms with Crippen molar-refractivity contribution in [2.75, 3.05) is 20.3 Å². The molecule has 0 bridgehead atoms. The Balaban J connectivity index is 1.46. The maximum Gasteiger partial charge on any atom is 0.338 e. The van der Waals surface area contributed by atoms with Gasteiger partial charge in [0, 0.05) is 0 Å². The third kappa shape index (κ3) is 4.98. The number of rotatable bonds is 6. The molecule has 2 aromatic carbocycles. The van der Waals surface area contributed by atoms with E-state index in [0.717, 1.165) is 25.0 Å². The van der Waals surface area contributed by atoms with E-state index in [9.17, 15) is 4.79 Å². The molecular formula is C21H24N2O3S. The molecule has 3 rings (SSSR count). The first-order valence-corrected chi connectivity index (χ1v) is 9.52. The van der Waals surface area contributed by atoms with E-state index in [0.29, 0.717) is 17.2 Å². The van der Waals surface area contributed by atoms with Crippen LogP contribution >= 0.6 is 12.2 Å². The SMILES string of the molecule is COc1cccc2c1CCCC2NC(=S)NCCOC(=O)c1ccccc1. The van der Waals surface area contributed by atoms with Crippen LogP contribution in [0.2, 0.25) is 0 Å². The molecule has 6 heteroatoms. The zero-order valence-electron chi connectivity index (χ0n) is 15.4. The van der Waals surface area contributed by atoms with Crippen LogP contribution in [0.15, 0.2) is 48.5 Å². The van der Waals surface area contributed by atoms with Gasteiger partial charge in [0.25, 0.3) is 0 Å². The Morgan fingerprint density at radius 3 is 2.78 bits per heavy atom. The molecule has 0 amide bonds. The Morgan fingerprint density at radius 2 is 2.00 bits per heavy atom. The van der Waals surface area contributed by atoms with Gasteiger partial charge in [0.15, 0.2) is 5.11 Å². The highest BCUT2D eigenvalue weighted by atomic mass is 32.1. The molecule has 0 saturated carbocycles. The average molecular weight is 385 g/mol. The lowest BCUT2D eigenvalue weighted by Gasteiger charge is -2.28. The van der Waals surface area contributed by atoms with Gasteiger partial charge in [0.2, 0.25) is 0 Å². The first-order chi connectivity index (χ1) is 13.2. The monoisotopic (exact) mass is 384 g/mol. The number of thiocarbonyl (C=S) groups is 1. The number of ether oxygens (including phenoxy) is 2. The normalized spacial score (nSPS) is 15.4. The summed E-state index contributed by atoms with van der Waals surface area (Å²) in [5.74, 6) is 0.607. The number of hydrogen-bond donors (Lipinski definition) is 2. The van der Waals surface area contributed by atoms with E-state index in [1.807, 2.05) is 30.3 Å². The van der Waals surface area contributed by atoms with E-state index in [1.165, 1.54) is 11.1 Å². The van der Waals surface area contributed by atoms with Crippen LogP contribution in [0.25, 0.3) is 0 Å². The summed E-state index contributed by atoms with van der Waals surface area (Å²) in [7, 11) is 1.70. The molecule has 142 valence electrons. The molecule has 5 nitrogen and oxygen atoms in total. The van der Waals surface area contributed by atoms with Gasteiger partial charge in [-0.1, -0.05) is 30.3 Å². The summed E-state index contributed by atoms with van der Waals surface area (Å²) in [5.41, 5.74) is 3.04. The number of nitrogens with one attached hydrogen (secondary N) is 2. The van der Waals surface area contributed by atoms with E-state index >= 15 is 0 Å². The molecule has 1 aliphatic carbocycles. The van der Waals surface area contributed by atoms with Crippen molar-refractivity contribution in [3.63, 3.8) is 0 Å². The van der Waals surface area contributed by atoms with Gasteiger partial charge >= 0.3 is 5.97 Å². The fraction of sp³-hybridized carbons (Fsp3) is 0.333. The third-order valence-electron chi connectivity index (χ3n) is 4.62. The molecule has 0 fully saturated rings. The van der Waals surface area contributed by atoms with Crippen molar-refractivity contribution < 1.29 is 14.3 Å². The lowest BCUT2D eigenvalue weighted by atomic mass is 9.87. The van der Waals surface area contributed by atoms with E-state index < -0.39 is 0 Å². The zero-order valence-corrected chi connectivity index (χ0v) is 16.2. The number of carbonyl (C=O) groups excluding carboxylic acids is 1. The lowest BCUT2D eigenvalue weighted by Crippen LogP contribution is -2.40. The Morgan fingerprint density at radius 1 is 1.19 bits per heavy atom. The van der Waals surface area contributed by atoms with Crippen molar-refractivity contribution in [1.82, 2.24) is 10.6 Å². The van der Waals surface area contributed by atoms with Crippen molar-refractivity contribution in [2.24, 2.45) is 0 Å². The van der Waals surface area contributed by atoms with Gasteiger partial charge in [0.1, 0.15) is 12.4 Å². The average Bonchev–Trinajstić information content (AvgIpc) is 2.71. The highest BCUT2D eigenvalue weighted by Crippen LogP contribution is 2.35. The standard InChI is InChI=1S/C21H24N2O3S/c1-25-19-12-6-9-16-17(19)10-5-11-18(16)23-21(27)22-13-14-26-20(24)15-7-3-2-4-8-15/h2-4,6-9,12,18H,5,10-11,13-14H2,1H3,(H2,22,23,27). The van der Waals surface area contributed by atoms with Crippen LogP contribution in [-0.2, 0) is 11.2 Å². The first-order valence-electron chi connectivity index (χ1n) is 9.11. The third-order valence-corrected chi connectivity index (χ3v) is 4.88. The molecule has 0 aliphatic heterocycles. The van der Waals surface area contributed by atoms with E-state index in [1.54, 1.807) is 19.2 Å². The molecule has 27 heavy (non-hydrogen) atoms. The lowest BCUT2D eigenvalue weighted by molar-refractivity contribution is 0.0512. The summed E-state index contributed by atoms with van der Waals surface area (Å²) in [6.45, 7) is 0.715. The van der Waals surface area contributed by atoms with Gasteiger partial charge in [0.05, 0.1) is 25.3 Å². The maximum absolute atomic E-state index is 11.9. The minimum atomic E-state index is -0.329. The second-order valence-corrected chi connectivity index (χ2v) is 6.78. The van der Waals surface area contributed by atoms with Gasteiger partial charge < -0.3 is 20.1 Å². The molecule has 0 heterocycles. The smallest absolute Gasteiger partial charge is 0.338 e. The second-order valence-electron chi connectivity index (χ2n) is 6.38. The van der Waals surface area contributed by atoms with Crippen LogP contribution in [-0.4, -0.2) is 31.3 Å². The number of benzene rings is 2. The predicted octanol–water partition coefficient (Wildman–Crippen LogP) is 3.39. The number of esters is 1. The predicted molar refractivity (Wildman–Crippen MR) is 109 cm³/mol.